The molecule has 0 unspecified atom stereocenters. The molecule has 0 aromatic heterocycles. The zero-order valence-electron chi connectivity index (χ0n) is 15.3. The minimum atomic E-state index is -0.265. The average Bonchev–Trinajstić information content (AvgIpc) is 2.61. The summed E-state index contributed by atoms with van der Waals surface area (Å²) in [6.45, 7) is 3.31. The van der Waals surface area contributed by atoms with E-state index in [-0.39, 0.29) is 11.8 Å². The molecule has 0 heterocycles. The largest absolute Gasteiger partial charge is 0.497 e. The van der Waals surface area contributed by atoms with Gasteiger partial charge in [-0.15, -0.1) is 0 Å². The Labute approximate surface area is 152 Å². The predicted molar refractivity (Wildman–Crippen MR) is 103 cm³/mol. The number of aryl methyl sites for hydroxylation is 1. The lowest BCUT2D eigenvalue weighted by Crippen LogP contribution is -2.10. The van der Waals surface area contributed by atoms with Gasteiger partial charge in [-0.25, -0.2) is 0 Å². The van der Waals surface area contributed by atoms with Crippen molar-refractivity contribution < 1.29 is 19.1 Å². The lowest BCUT2D eigenvalue weighted by Gasteiger charge is -2.09. The van der Waals surface area contributed by atoms with Crippen LogP contribution in [0.5, 0.6) is 11.5 Å². The molecule has 0 fully saturated rings. The monoisotopic (exact) mass is 354 g/mol. The van der Waals surface area contributed by atoms with Crippen molar-refractivity contribution in [2.45, 2.75) is 13.8 Å². The average molecular weight is 354 g/mol. The molecule has 6 heteroatoms. The van der Waals surface area contributed by atoms with Gasteiger partial charge in [-0.3, -0.25) is 9.59 Å². The first kappa shape index (κ1) is 19.1. The third-order valence-electron chi connectivity index (χ3n) is 3.61. The molecule has 0 saturated heterocycles. The molecule has 0 spiro atoms. The van der Waals surface area contributed by atoms with Crippen molar-refractivity contribution in [1.29, 1.82) is 0 Å². The zero-order chi connectivity index (χ0) is 19.1. The van der Waals surface area contributed by atoms with Crippen molar-refractivity contribution in [3.05, 3.63) is 53.6 Å². The molecule has 2 aromatic carbocycles. The Hall–Kier alpha value is -3.28. The third-order valence-corrected chi connectivity index (χ3v) is 3.61. The normalized spacial score (nSPS) is 10.5. The molecule has 136 valence electrons. The molecule has 2 aromatic rings. The Bertz CT molecular complexity index is 821. The molecule has 2 amide bonds. The molecule has 6 nitrogen and oxygen atoms in total. The van der Waals surface area contributed by atoms with Crippen LogP contribution in [0.1, 0.15) is 18.1 Å². The fraction of sp³-hybridized carbons (Fsp3) is 0.200. The summed E-state index contributed by atoms with van der Waals surface area (Å²) in [4.78, 5) is 23.3. The number of anilines is 2. The highest BCUT2D eigenvalue weighted by molar-refractivity contribution is 6.02. The van der Waals surface area contributed by atoms with E-state index in [1.165, 1.54) is 13.0 Å². The molecule has 0 radical (unpaired) electrons. The summed E-state index contributed by atoms with van der Waals surface area (Å²) in [6.07, 6.45) is 3.12. The molecule has 0 aliphatic carbocycles. The number of nitrogens with one attached hydrogen (secondary N) is 2. The van der Waals surface area contributed by atoms with Crippen LogP contribution in [-0.4, -0.2) is 26.0 Å². The SMILES string of the molecule is COc1cc(C=CC(=O)Nc2ccc(NC(C)=O)c(C)c2)cc(OC)c1. The maximum atomic E-state index is 12.1. The van der Waals surface area contributed by atoms with Crippen molar-refractivity contribution in [1.82, 2.24) is 0 Å². The number of carbonyl (C=O) groups is 2. The number of amides is 2. The molecule has 2 rings (SSSR count). The zero-order valence-corrected chi connectivity index (χ0v) is 15.3. The van der Waals surface area contributed by atoms with E-state index < -0.39 is 0 Å². The van der Waals surface area contributed by atoms with Crippen molar-refractivity contribution in [2.75, 3.05) is 24.9 Å². The Morgan fingerprint density at radius 2 is 1.62 bits per heavy atom. The van der Waals surface area contributed by atoms with Gasteiger partial charge in [0.2, 0.25) is 11.8 Å². The summed E-state index contributed by atoms with van der Waals surface area (Å²) >= 11 is 0. The summed E-state index contributed by atoms with van der Waals surface area (Å²) in [5.41, 5.74) is 3.01. The molecule has 2 N–H and O–H groups in total. The Morgan fingerprint density at radius 3 is 2.15 bits per heavy atom. The molecule has 0 bridgehead atoms. The summed E-state index contributed by atoms with van der Waals surface area (Å²) in [5, 5.41) is 5.52. The van der Waals surface area contributed by atoms with Gasteiger partial charge in [0.1, 0.15) is 11.5 Å². The van der Waals surface area contributed by atoms with Gasteiger partial charge in [0.05, 0.1) is 14.2 Å². The van der Waals surface area contributed by atoms with Crippen LogP contribution in [-0.2, 0) is 9.59 Å². The van der Waals surface area contributed by atoms with Crippen molar-refractivity contribution >= 4 is 29.3 Å². The van der Waals surface area contributed by atoms with Gasteiger partial charge >= 0.3 is 0 Å². The van der Waals surface area contributed by atoms with Gasteiger partial charge in [0.25, 0.3) is 0 Å². The van der Waals surface area contributed by atoms with Crippen molar-refractivity contribution in [2.24, 2.45) is 0 Å². The van der Waals surface area contributed by atoms with Gasteiger partial charge in [-0.1, -0.05) is 0 Å². The smallest absolute Gasteiger partial charge is 0.248 e. The van der Waals surface area contributed by atoms with Gasteiger partial charge in [0, 0.05) is 30.4 Å². The molecule has 0 atom stereocenters. The maximum absolute atomic E-state index is 12.1. The number of ether oxygens (including phenoxy) is 2. The third kappa shape index (κ3) is 5.37. The first-order chi connectivity index (χ1) is 12.4. The van der Waals surface area contributed by atoms with E-state index in [4.69, 9.17) is 9.47 Å². The lowest BCUT2D eigenvalue weighted by atomic mass is 10.1. The molecule has 26 heavy (non-hydrogen) atoms. The number of hydrogen-bond donors (Lipinski definition) is 2. The van der Waals surface area contributed by atoms with Crippen LogP contribution in [0.15, 0.2) is 42.5 Å². The number of carbonyl (C=O) groups excluding carboxylic acids is 2. The molecule has 0 saturated carbocycles. The van der Waals surface area contributed by atoms with Gasteiger partial charge in [-0.05, 0) is 54.5 Å². The number of rotatable bonds is 6. The fourth-order valence-corrected chi connectivity index (χ4v) is 2.35. The van der Waals surface area contributed by atoms with Crippen LogP contribution in [0.3, 0.4) is 0 Å². The maximum Gasteiger partial charge on any atom is 0.248 e. The van der Waals surface area contributed by atoms with Crippen LogP contribution in [0.4, 0.5) is 11.4 Å². The summed E-state index contributed by atoms with van der Waals surface area (Å²) in [5.74, 6) is 0.891. The minimum absolute atomic E-state index is 0.137. The second-order valence-electron chi connectivity index (χ2n) is 5.68. The fourth-order valence-electron chi connectivity index (χ4n) is 2.35. The van der Waals surface area contributed by atoms with Crippen LogP contribution in [0.25, 0.3) is 6.08 Å². The minimum Gasteiger partial charge on any atom is -0.497 e. The molecular formula is C20H22N2O4. The van der Waals surface area contributed by atoms with Crippen LogP contribution in [0, 0.1) is 6.92 Å². The lowest BCUT2D eigenvalue weighted by molar-refractivity contribution is -0.114. The second-order valence-corrected chi connectivity index (χ2v) is 5.68. The predicted octanol–water partition coefficient (Wildman–Crippen LogP) is 3.62. The first-order valence-corrected chi connectivity index (χ1v) is 8.01. The Kier molecular flexibility index (Phi) is 6.38. The van der Waals surface area contributed by atoms with Gasteiger partial charge in [0.15, 0.2) is 0 Å². The Balaban J connectivity index is 2.07. The summed E-state index contributed by atoms with van der Waals surface area (Å²) < 4.78 is 10.4. The number of benzene rings is 2. The van der Waals surface area contributed by atoms with Gasteiger partial charge in [-0.2, -0.15) is 0 Å². The number of methoxy groups -OCH3 is 2. The van der Waals surface area contributed by atoms with Crippen LogP contribution in [0.2, 0.25) is 0 Å². The second kappa shape index (κ2) is 8.71. The van der Waals surface area contributed by atoms with E-state index >= 15 is 0 Å². The highest BCUT2D eigenvalue weighted by Gasteiger charge is 2.04. The molecule has 0 aliphatic heterocycles. The number of hydrogen-bond acceptors (Lipinski definition) is 4. The summed E-state index contributed by atoms with van der Waals surface area (Å²) in [6, 6.07) is 10.7. The Morgan fingerprint density at radius 1 is 0.962 bits per heavy atom. The topological polar surface area (TPSA) is 76.7 Å². The van der Waals surface area contributed by atoms with E-state index in [0.29, 0.717) is 17.2 Å². The van der Waals surface area contributed by atoms with E-state index in [1.807, 2.05) is 6.92 Å². The standard InChI is InChI=1S/C20H22N2O4/c1-13-9-16(6-7-19(13)21-14(2)23)22-20(24)8-5-15-10-17(25-3)12-18(11-15)26-4/h5-12H,1-4H3,(H,21,23)(H,22,24). The quantitative estimate of drug-likeness (QED) is 0.777. The van der Waals surface area contributed by atoms with E-state index in [0.717, 1.165) is 16.8 Å². The molecule has 0 aliphatic rings. The van der Waals surface area contributed by atoms with E-state index in [1.54, 1.807) is 56.7 Å². The van der Waals surface area contributed by atoms with E-state index in [9.17, 15) is 9.59 Å². The highest BCUT2D eigenvalue weighted by Crippen LogP contribution is 2.23. The van der Waals surface area contributed by atoms with Crippen LogP contribution >= 0.6 is 0 Å². The highest BCUT2D eigenvalue weighted by atomic mass is 16.5. The summed E-state index contributed by atoms with van der Waals surface area (Å²) in [7, 11) is 3.14. The van der Waals surface area contributed by atoms with Crippen molar-refractivity contribution in [3.8, 4) is 11.5 Å². The van der Waals surface area contributed by atoms with Crippen LogP contribution < -0.4 is 20.1 Å². The first-order valence-electron chi connectivity index (χ1n) is 8.01. The van der Waals surface area contributed by atoms with E-state index in [2.05, 4.69) is 10.6 Å². The molecular weight excluding hydrogens is 332 g/mol. The van der Waals surface area contributed by atoms with Crippen molar-refractivity contribution in [3.63, 3.8) is 0 Å². The van der Waals surface area contributed by atoms with Gasteiger partial charge < -0.3 is 20.1 Å².